The summed E-state index contributed by atoms with van der Waals surface area (Å²) < 4.78 is 0. The molecule has 0 fully saturated rings. The lowest BCUT2D eigenvalue weighted by atomic mass is 10.2. The number of rotatable bonds is 6. The van der Waals surface area contributed by atoms with Crippen LogP contribution in [0.2, 0.25) is 0 Å². The topological polar surface area (TPSA) is 95.7 Å². The molecule has 0 aromatic carbocycles. The molecule has 0 rings (SSSR count). The molecule has 0 saturated heterocycles. The Bertz CT molecular complexity index is 179. The van der Waals surface area contributed by atoms with E-state index >= 15 is 0 Å². The Kier molecular flexibility index (Phi) is 5.24. The van der Waals surface area contributed by atoms with Crippen LogP contribution in [0.25, 0.3) is 0 Å². The van der Waals surface area contributed by atoms with Crippen molar-refractivity contribution < 1.29 is 24.6 Å². The second kappa shape index (κ2) is 6.08. The lowest BCUT2D eigenvalue weighted by Gasteiger charge is -1.96. The van der Waals surface area contributed by atoms with E-state index in [4.69, 9.17) is 0 Å². The van der Waals surface area contributed by atoms with Crippen molar-refractivity contribution in [3.05, 3.63) is 10.1 Å². The van der Waals surface area contributed by atoms with E-state index in [0.29, 0.717) is 12.7 Å². The molecule has 0 bridgehead atoms. The largest absolute Gasteiger partial charge is 0.343 e. The quantitative estimate of drug-likeness (QED) is 0.186. The molecule has 68 valence electrons. The van der Waals surface area contributed by atoms with Gasteiger partial charge in [0, 0.05) is 12.8 Å². The van der Waals surface area contributed by atoms with Crippen molar-refractivity contribution in [1.29, 1.82) is 0 Å². The van der Waals surface area contributed by atoms with Crippen LogP contribution in [0.5, 0.6) is 0 Å². The smallest absolute Gasteiger partial charge is 0.303 e. The van der Waals surface area contributed by atoms with Gasteiger partial charge in [-0.25, -0.2) is 4.79 Å². The van der Waals surface area contributed by atoms with E-state index in [1.165, 1.54) is 0 Å². The first kappa shape index (κ1) is 10.3. The van der Waals surface area contributed by atoms with Gasteiger partial charge < -0.3 is 4.79 Å². The minimum atomic E-state index is -1.24. The number of carbonyl (C=O) groups is 2. The van der Waals surface area contributed by atoms with E-state index in [0.717, 1.165) is 0 Å². The summed E-state index contributed by atoms with van der Waals surface area (Å²) in [4.78, 5) is 36.7. The fourth-order valence-electron chi connectivity index (χ4n) is 0.443. The molecule has 0 amide bonds. The van der Waals surface area contributed by atoms with Gasteiger partial charge in [0.25, 0.3) is 0 Å². The monoisotopic (exact) mass is 177 g/mol. The van der Waals surface area contributed by atoms with Gasteiger partial charge in [-0.3, -0.25) is 4.89 Å². The van der Waals surface area contributed by atoms with Crippen molar-refractivity contribution >= 4 is 12.3 Å². The van der Waals surface area contributed by atoms with E-state index < -0.39 is 11.1 Å². The van der Waals surface area contributed by atoms with Crippen molar-refractivity contribution in [1.82, 2.24) is 0 Å². The Labute approximate surface area is 67.3 Å². The SMILES string of the molecule is O=CCCCC(=O)OO[N+](=O)[O-]. The molecule has 0 unspecified atom stereocenters. The average molecular weight is 177 g/mol. The van der Waals surface area contributed by atoms with E-state index in [1.54, 1.807) is 0 Å². The van der Waals surface area contributed by atoms with Crippen LogP contribution in [0.15, 0.2) is 0 Å². The lowest BCUT2D eigenvalue weighted by Crippen LogP contribution is -2.09. The third-order valence-electron chi connectivity index (χ3n) is 0.894. The minimum Gasteiger partial charge on any atom is -0.303 e. The number of hydrogen-bond acceptors (Lipinski definition) is 6. The normalized spacial score (nSPS) is 8.67. The summed E-state index contributed by atoms with van der Waals surface area (Å²) in [6.45, 7) is 0. The molecule has 0 N–H and O–H groups in total. The summed E-state index contributed by atoms with van der Waals surface area (Å²) >= 11 is 0. The molecule has 7 heteroatoms. The number of nitrogens with zero attached hydrogens (tertiary/aromatic N) is 1. The van der Waals surface area contributed by atoms with Gasteiger partial charge in [0.2, 0.25) is 0 Å². The molecule has 0 spiro atoms. The predicted molar refractivity (Wildman–Crippen MR) is 34.1 cm³/mol. The van der Waals surface area contributed by atoms with Crippen molar-refractivity contribution in [3.63, 3.8) is 0 Å². The summed E-state index contributed by atoms with van der Waals surface area (Å²) in [5.41, 5.74) is 0. The molecular weight excluding hydrogens is 170 g/mol. The molecule has 7 nitrogen and oxygen atoms in total. The van der Waals surface area contributed by atoms with Crippen molar-refractivity contribution in [2.45, 2.75) is 19.3 Å². The van der Waals surface area contributed by atoms with Gasteiger partial charge in [0.05, 0.1) is 0 Å². The Morgan fingerprint density at radius 3 is 2.75 bits per heavy atom. The van der Waals surface area contributed by atoms with Crippen molar-refractivity contribution in [2.24, 2.45) is 0 Å². The fraction of sp³-hybridized carbons (Fsp3) is 0.600. The zero-order chi connectivity index (χ0) is 9.40. The van der Waals surface area contributed by atoms with E-state index in [-0.39, 0.29) is 12.8 Å². The van der Waals surface area contributed by atoms with Crippen LogP contribution in [-0.4, -0.2) is 17.3 Å². The first-order valence-electron chi connectivity index (χ1n) is 3.12. The molecule has 0 saturated carbocycles. The molecule has 0 aromatic rings. The van der Waals surface area contributed by atoms with Gasteiger partial charge in [-0.15, -0.1) is 10.1 Å². The van der Waals surface area contributed by atoms with Gasteiger partial charge in [-0.2, -0.15) is 0 Å². The second-order valence-corrected chi connectivity index (χ2v) is 1.81. The van der Waals surface area contributed by atoms with Crippen molar-refractivity contribution in [3.8, 4) is 0 Å². The zero-order valence-corrected chi connectivity index (χ0v) is 6.10. The lowest BCUT2D eigenvalue weighted by molar-refractivity contribution is -0.839. The van der Waals surface area contributed by atoms with Crippen LogP contribution in [-0.2, 0) is 19.5 Å². The highest BCUT2D eigenvalue weighted by atomic mass is 17.3. The first-order chi connectivity index (χ1) is 5.66. The summed E-state index contributed by atoms with van der Waals surface area (Å²) in [5.74, 6) is -0.867. The summed E-state index contributed by atoms with van der Waals surface area (Å²) in [6, 6.07) is 0. The average Bonchev–Trinajstić information content (AvgIpc) is 2.01. The molecule has 0 radical (unpaired) electrons. The highest BCUT2D eigenvalue weighted by molar-refractivity contribution is 5.68. The second-order valence-electron chi connectivity index (χ2n) is 1.81. The standard InChI is InChI=1S/C5H7NO6/c7-4-2-1-3-5(8)11-12-6(9)10/h4H,1-3H2. The van der Waals surface area contributed by atoms with Gasteiger partial charge in [-0.05, 0) is 6.42 Å². The Morgan fingerprint density at radius 2 is 2.25 bits per heavy atom. The van der Waals surface area contributed by atoms with E-state index in [2.05, 4.69) is 9.88 Å². The van der Waals surface area contributed by atoms with Crippen LogP contribution in [0.4, 0.5) is 0 Å². The van der Waals surface area contributed by atoms with Crippen LogP contribution in [0, 0.1) is 10.1 Å². The molecule has 12 heavy (non-hydrogen) atoms. The van der Waals surface area contributed by atoms with E-state index in [9.17, 15) is 19.7 Å². The zero-order valence-electron chi connectivity index (χ0n) is 6.10. The fourth-order valence-corrected chi connectivity index (χ4v) is 0.443. The number of hydrogen-bond donors (Lipinski definition) is 0. The van der Waals surface area contributed by atoms with Crippen molar-refractivity contribution in [2.75, 3.05) is 0 Å². The molecular formula is C5H7NO6. The summed E-state index contributed by atoms with van der Waals surface area (Å²) in [7, 11) is 0. The third kappa shape index (κ3) is 6.46. The summed E-state index contributed by atoms with van der Waals surface area (Å²) in [5, 5.41) is 8.25. The van der Waals surface area contributed by atoms with Gasteiger partial charge in [0.15, 0.2) is 0 Å². The molecule has 0 atom stereocenters. The molecule has 0 aliphatic carbocycles. The van der Waals surface area contributed by atoms with Crippen LogP contribution >= 0.6 is 0 Å². The summed E-state index contributed by atoms with van der Waals surface area (Å²) in [6.07, 6.45) is 1.07. The van der Waals surface area contributed by atoms with Gasteiger partial charge >= 0.3 is 11.1 Å². The maximum Gasteiger partial charge on any atom is 0.343 e. The van der Waals surface area contributed by atoms with E-state index in [1.807, 2.05) is 0 Å². The highest BCUT2D eigenvalue weighted by Gasteiger charge is 2.05. The number of unbranched alkanes of at least 4 members (excludes halogenated alkanes) is 1. The molecule has 0 aromatic heterocycles. The maximum absolute atomic E-state index is 10.5. The van der Waals surface area contributed by atoms with Gasteiger partial charge in [0.1, 0.15) is 6.29 Å². The molecule has 0 aliphatic heterocycles. The number of carbonyl (C=O) groups excluding carboxylic acids is 2. The molecule has 0 aliphatic rings. The van der Waals surface area contributed by atoms with Gasteiger partial charge in [-0.1, -0.05) is 4.99 Å². The van der Waals surface area contributed by atoms with Crippen LogP contribution in [0.3, 0.4) is 0 Å². The third-order valence-corrected chi connectivity index (χ3v) is 0.894. The highest BCUT2D eigenvalue weighted by Crippen LogP contribution is 1.95. The van der Waals surface area contributed by atoms with Crippen LogP contribution < -0.4 is 0 Å². The Morgan fingerprint density at radius 1 is 1.58 bits per heavy atom. The maximum atomic E-state index is 10.5. The first-order valence-corrected chi connectivity index (χ1v) is 3.12. The number of aldehydes is 1. The minimum absolute atomic E-state index is 0.0768. The molecule has 0 heterocycles. The van der Waals surface area contributed by atoms with Crippen LogP contribution in [0.1, 0.15) is 19.3 Å². The Hall–Kier alpha value is -1.66. The predicted octanol–water partition coefficient (Wildman–Crippen LogP) is 0.0221. The Balaban J connectivity index is 3.33.